The van der Waals surface area contributed by atoms with Crippen LogP contribution in [0.4, 0.5) is 11.4 Å². The van der Waals surface area contributed by atoms with Gasteiger partial charge in [0.15, 0.2) is 0 Å². The topological polar surface area (TPSA) is 79.5 Å². The summed E-state index contributed by atoms with van der Waals surface area (Å²) in [6.45, 7) is 6.35. The number of benzene rings is 1. The predicted molar refractivity (Wildman–Crippen MR) is 93.4 cm³/mol. The minimum Gasteiger partial charge on any atom is -0.462 e. The molecule has 1 fully saturated rings. The number of amides is 1. The van der Waals surface area contributed by atoms with Crippen LogP contribution in [-0.4, -0.2) is 38.1 Å². The number of carbonyl (C=O) groups is 2. The summed E-state index contributed by atoms with van der Waals surface area (Å²) in [5.41, 5.74) is 1.85. The van der Waals surface area contributed by atoms with Crippen molar-refractivity contribution in [3.63, 3.8) is 0 Å². The van der Waals surface area contributed by atoms with Crippen molar-refractivity contribution in [1.29, 1.82) is 0 Å². The van der Waals surface area contributed by atoms with Gasteiger partial charge in [-0.3, -0.25) is 4.79 Å². The fourth-order valence-electron chi connectivity index (χ4n) is 2.45. The number of nitrogens with one attached hydrogen (secondary N) is 3. The van der Waals surface area contributed by atoms with E-state index in [4.69, 9.17) is 4.74 Å². The second-order valence-electron chi connectivity index (χ2n) is 5.19. The SMILES string of the molecule is CCNc1ccc(C(=O)OCC)cc1NC(=O)C1CCNC1.Cl. The Morgan fingerprint density at radius 1 is 1.30 bits per heavy atom. The molecular weight excluding hydrogens is 318 g/mol. The second-order valence-corrected chi connectivity index (χ2v) is 5.19. The molecular formula is C16H24ClN3O3. The van der Waals surface area contributed by atoms with E-state index in [9.17, 15) is 9.59 Å². The van der Waals surface area contributed by atoms with Crippen molar-refractivity contribution in [2.24, 2.45) is 5.92 Å². The summed E-state index contributed by atoms with van der Waals surface area (Å²) in [7, 11) is 0. The zero-order valence-electron chi connectivity index (χ0n) is 13.5. The van der Waals surface area contributed by atoms with E-state index in [0.29, 0.717) is 24.4 Å². The lowest BCUT2D eigenvalue weighted by Crippen LogP contribution is -2.25. The highest BCUT2D eigenvalue weighted by molar-refractivity contribution is 5.99. The van der Waals surface area contributed by atoms with E-state index < -0.39 is 0 Å². The Kier molecular flexibility index (Phi) is 7.85. The van der Waals surface area contributed by atoms with Crippen molar-refractivity contribution in [3.8, 4) is 0 Å². The third kappa shape index (κ3) is 5.11. The summed E-state index contributed by atoms with van der Waals surface area (Å²) in [5.74, 6) is -0.436. The van der Waals surface area contributed by atoms with Gasteiger partial charge in [0, 0.05) is 13.1 Å². The molecule has 1 heterocycles. The molecule has 1 aliphatic heterocycles. The van der Waals surface area contributed by atoms with Crippen LogP contribution in [0.2, 0.25) is 0 Å². The fourth-order valence-corrected chi connectivity index (χ4v) is 2.45. The van der Waals surface area contributed by atoms with Crippen molar-refractivity contribution in [1.82, 2.24) is 5.32 Å². The first kappa shape index (κ1) is 19.3. The van der Waals surface area contributed by atoms with Gasteiger partial charge < -0.3 is 20.7 Å². The van der Waals surface area contributed by atoms with E-state index in [1.165, 1.54) is 0 Å². The molecule has 1 unspecified atom stereocenters. The molecule has 3 N–H and O–H groups in total. The van der Waals surface area contributed by atoms with Crippen LogP contribution in [0.25, 0.3) is 0 Å². The third-order valence-corrected chi connectivity index (χ3v) is 3.59. The molecule has 0 bridgehead atoms. The summed E-state index contributed by atoms with van der Waals surface area (Å²) in [6, 6.07) is 5.15. The van der Waals surface area contributed by atoms with Crippen molar-refractivity contribution in [2.45, 2.75) is 20.3 Å². The van der Waals surface area contributed by atoms with Crippen molar-refractivity contribution < 1.29 is 14.3 Å². The highest BCUT2D eigenvalue weighted by Gasteiger charge is 2.23. The minimum atomic E-state index is -0.386. The monoisotopic (exact) mass is 341 g/mol. The number of ether oxygens (including phenoxy) is 1. The van der Waals surface area contributed by atoms with Gasteiger partial charge in [-0.15, -0.1) is 12.4 Å². The molecule has 0 saturated carbocycles. The first-order chi connectivity index (χ1) is 10.7. The van der Waals surface area contributed by atoms with E-state index in [-0.39, 0.29) is 30.2 Å². The van der Waals surface area contributed by atoms with Crippen LogP contribution in [0.3, 0.4) is 0 Å². The van der Waals surface area contributed by atoms with Crippen LogP contribution >= 0.6 is 12.4 Å². The van der Waals surface area contributed by atoms with Crippen LogP contribution in [0, 0.1) is 5.92 Å². The number of rotatable bonds is 6. The van der Waals surface area contributed by atoms with Crippen molar-refractivity contribution in [2.75, 3.05) is 36.9 Å². The Morgan fingerprint density at radius 3 is 2.70 bits per heavy atom. The maximum Gasteiger partial charge on any atom is 0.338 e. The van der Waals surface area contributed by atoms with Gasteiger partial charge in [0.1, 0.15) is 0 Å². The quantitative estimate of drug-likeness (QED) is 0.692. The van der Waals surface area contributed by atoms with Crippen LogP contribution in [0.1, 0.15) is 30.6 Å². The normalized spacial score (nSPS) is 16.3. The van der Waals surface area contributed by atoms with Crippen molar-refractivity contribution in [3.05, 3.63) is 23.8 Å². The number of hydrogen-bond donors (Lipinski definition) is 3. The van der Waals surface area contributed by atoms with Gasteiger partial charge in [0.25, 0.3) is 0 Å². The lowest BCUT2D eigenvalue weighted by atomic mass is 10.1. The number of anilines is 2. The molecule has 1 aromatic rings. The first-order valence-corrected chi connectivity index (χ1v) is 7.72. The van der Waals surface area contributed by atoms with Crippen LogP contribution in [-0.2, 0) is 9.53 Å². The molecule has 1 aromatic carbocycles. The summed E-state index contributed by atoms with van der Waals surface area (Å²) >= 11 is 0. The second kappa shape index (κ2) is 9.37. The summed E-state index contributed by atoms with van der Waals surface area (Å²) in [5, 5.41) is 9.29. The molecule has 0 aromatic heterocycles. The summed E-state index contributed by atoms with van der Waals surface area (Å²) < 4.78 is 5.01. The van der Waals surface area contributed by atoms with E-state index in [0.717, 1.165) is 25.2 Å². The molecule has 0 aliphatic carbocycles. The standard InChI is InChI=1S/C16H23N3O3.ClH/c1-3-18-13-6-5-11(16(21)22-4-2)9-14(13)19-15(20)12-7-8-17-10-12;/h5-6,9,12,17-18H,3-4,7-8,10H2,1-2H3,(H,19,20);1H. The highest BCUT2D eigenvalue weighted by Crippen LogP contribution is 2.25. The van der Waals surface area contributed by atoms with Gasteiger partial charge in [0.2, 0.25) is 5.91 Å². The summed E-state index contributed by atoms with van der Waals surface area (Å²) in [6.07, 6.45) is 0.833. The van der Waals surface area contributed by atoms with Crippen LogP contribution in [0.15, 0.2) is 18.2 Å². The van der Waals surface area contributed by atoms with Gasteiger partial charge >= 0.3 is 5.97 Å². The van der Waals surface area contributed by atoms with Crippen LogP contribution < -0.4 is 16.0 Å². The molecule has 1 aliphatic rings. The first-order valence-electron chi connectivity index (χ1n) is 7.72. The molecule has 23 heavy (non-hydrogen) atoms. The van der Waals surface area contributed by atoms with Gasteiger partial charge in [-0.25, -0.2) is 4.79 Å². The largest absolute Gasteiger partial charge is 0.462 e. The Bertz CT molecular complexity index is 545. The molecule has 1 atom stereocenters. The number of hydrogen-bond acceptors (Lipinski definition) is 5. The van der Waals surface area contributed by atoms with Gasteiger partial charge in [-0.2, -0.15) is 0 Å². The number of esters is 1. The average Bonchev–Trinajstić information content (AvgIpc) is 3.04. The van der Waals surface area contributed by atoms with Gasteiger partial charge in [-0.1, -0.05) is 0 Å². The minimum absolute atomic E-state index is 0. The molecule has 0 spiro atoms. The zero-order chi connectivity index (χ0) is 15.9. The van der Waals surface area contributed by atoms with Gasteiger partial charge in [0.05, 0.1) is 29.5 Å². The smallest absolute Gasteiger partial charge is 0.338 e. The molecule has 1 amide bonds. The van der Waals surface area contributed by atoms with E-state index in [2.05, 4.69) is 16.0 Å². The Morgan fingerprint density at radius 2 is 2.09 bits per heavy atom. The fraction of sp³-hybridized carbons (Fsp3) is 0.500. The molecule has 0 radical (unpaired) electrons. The van der Waals surface area contributed by atoms with E-state index in [1.807, 2.05) is 6.92 Å². The van der Waals surface area contributed by atoms with Gasteiger partial charge in [-0.05, 0) is 45.0 Å². The lowest BCUT2D eigenvalue weighted by molar-refractivity contribution is -0.119. The third-order valence-electron chi connectivity index (χ3n) is 3.59. The van der Waals surface area contributed by atoms with E-state index >= 15 is 0 Å². The average molecular weight is 342 g/mol. The highest BCUT2D eigenvalue weighted by atomic mass is 35.5. The number of halogens is 1. The maximum atomic E-state index is 12.3. The Balaban J connectivity index is 0.00000264. The summed E-state index contributed by atoms with van der Waals surface area (Å²) in [4.78, 5) is 24.1. The maximum absolute atomic E-state index is 12.3. The molecule has 7 heteroatoms. The molecule has 6 nitrogen and oxygen atoms in total. The van der Waals surface area contributed by atoms with E-state index in [1.54, 1.807) is 25.1 Å². The Labute approximate surface area is 142 Å². The molecule has 2 rings (SSSR count). The number of carbonyl (C=O) groups excluding carboxylic acids is 2. The predicted octanol–water partition coefficient (Wildman–Crippen LogP) is 2.26. The molecule has 128 valence electrons. The van der Waals surface area contributed by atoms with Crippen molar-refractivity contribution >= 4 is 35.7 Å². The zero-order valence-corrected chi connectivity index (χ0v) is 14.3. The van der Waals surface area contributed by atoms with Crippen LogP contribution in [0.5, 0.6) is 0 Å². The Hall–Kier alpha value is -1.79. The molecule has 1 saturated heterocycles. The lowest BCUT2D eigenvalue weighted by Gasteiger charge is -2.15.